The van der Waals surface area contributed by atoms with Crippen LogP contribution in [-0.2, 0) is 9.47 Å². The molecule has 176 valence electrons. The van der Waals surface area contributed by atoms with Crippen molar-refractivity contribution in [2.24, 2.45) is 0 Å². The first kappa shape index (κ1) is 21.0. The predicted molar refractivity (Wildman–Crippen MR) is 124 cm³/mol. The molecule has 6 rings (SSSR count). The molecule has 0 radical (unpaired) electrons. The lowest BCUT2D eigenvalue weighted by Crippen LogP contribution is -2.42. The second kappa shape index (κ2) is 8.35. The fraction of sp³-hybridized carbons (Fsp3) is 0.391. The van der Waals surface area contributed by atoms with Gasteiger partial charge < -0.3 is 29.8 Å². The Hall–Kier alpha value is -3.54. The van der Waals surface area contributed by atoms with E-state index in [0.717, 1.165) is 29.6 Å². The monoisotopic (exact) mass is 463 g/mol. The highest BCUT2D eigenvalue weighted by atomic mass is 16.5. The van der Waals surface area contributed by atoms with E-state index in [-0.39, 0.29) is 25.2 Å². The second-order valence-corrected chi connectivity index (χ2v) is 8.60. The number of aromatic nitrogens is 5. The number of fused-ring (bicyclic) bond motifs is 2. The highest BCUT2D eigenvalue weighted by molar-refractivity contribution is 6.01. The fourth-order valence-corrected chi connectivity index (χ4v) is 4.67. The molecular weight excluding hydrogens is 438 g/mol. The summed E-state index contributed by atoms with van der Waals surface area (Å²) in [5.41, 5.74) is 3.24. The van der Waals surface area contributed by atoms with Gasteiger partial charge in [0.25, 0.3) is 5.91 Å². The van der Waals surface area contributed by atoms with Crippen LogP contribution >= 0.6 is 0 Å². The predicted octanol–water partition coefficient (Wildman–Crippen LogP) is 1.24. The topological polar surface area (TPSA) is 128 Å². The molecule has 2 aliphatic heterocycles. The first-order valence-corrected chi connectivity index (χ1v) is 11.3. The molecule has 2 saturated heterocycles. The molecule has 11 heteroatoms. The number of hydrogen-bond acceptors (Lipinski definition) is 8. The molecule has 0 saturated carbocycles. The van der Waals surface area contributed by atoms with Crippen molar-refractivity contribution in [2.45, 2.75) is 24.6 Å². The maximum Gasteiger partial charge on any atom is 0.257 e. The SMILES string of the molecule is CNc1cc(-c2cn([C@@H]3CCOC3)c3ncccc23)nc2c(C(=O)NC3COCC3O)cnn12. The van der Waals surface area contributed by atoms with E-state index in [0.29, 0.717) is 29.3 Å². The van der Waals surface area contributed by atoms with Crippen molar-refractivity contribution < 1.29 is 19.4 Å². The van der Waals surface area contributed by atoms with Crippen molar-refractivity contribution in [3.05, 3.63) is 42.4 Å². The number of amides is 1. The smallest absolute Gasteiger partial charge is 0.257 e. The second-order valence-electron chi connectivity index (χ2n) is 8.60. The van der Waals surface area contributed by atoms with Gasteiger partial charge in [-0.25, -0.2) is 9.97 Å². The number of pyridine rings is 1. The summed E-state index contributed by atoms with van der Waals surface area (Å²) < 4.78 is 14.6. The average molecular weight is 463 g/mol. The van der Waals surface area contributed by atoms with Crippen LogP contribution in [0.25, 0.3) is 27.9 Å². The third-order valence-electron chi connectivity index (χ3n) is 6.50. The van der Waals surface area contributed by atoms with Crippen LogP contribution in [0, 0.1) is 0 Å². The van der Waals surface area contributed by atoms with E-state index >= 15 is 0 Å². The van der Waals surface area contributed by atoms with E-state index < -0.39 is 12.1 Å². The van der Waals surface area contributed by atoms with Gasteiger partial charge in [-0.3, -0.25) is 4.79 Å². The summed E-state index contributed by atoms with van der Waals surface area (Å²) in [5.74, 6) is 0.334. The normalized spacial score (nSPS) is 22.6. The third-order valence-corrected chi connectivity index (χ3v) is 6.50. The highest BCUT2D eigenvalue weighted by Gasteiger charge is 2.29. The number of nitrogens with one attached hydrogen (secondary N) is 2. The molecule has 3 N–H and O–H groups in total. The Labute approximate surface area is 194 Å². The van der Waals surface area contributed by atoms with Gasteiger partial charge in [0.05, 0.1) is 49.9 Å². The first-order chi connectivity index (χ1) is 16.6. The van der Waals surface area contributed by atoms with Gasteiger partial charge in [-0.05, 0) is 18.6 Å². The number of ether oxygens (including phenoxy) is 2. The van der Waals surface area contributed by atoms with Crippen LogP contribution in [0.3, 0.4) is 0 Å². The van der Waals surface area contributed by atoms with Crippen LogP contribution in [-0.4, -0.2) is 80.8 Å². The van der Waals surface area contributed by atoms with Crippen molar-refractivity contribution in [1.82, 2.24) is 29.5 Å². The van der Waals surface area contributed by atoms with Crippen LogP contribution in [0.5, 0.6) is 0 Å². The molecule has 0 aromatic carbocycles. The van der Waals surface area contributed by atoms with E-state index in [1.807, 2.05) is 18.2 Å². The lowest BCUT2D eigenvalue weighted by molar-refractivity contribution is 0.0888. The molecule has 0 bridgehead atoms. The Balaban J connectivity index is 1.46. The molecule has 3 atom stereocenters. The van der Waals surface area contributed by atoms with Crippen molar-refractivity contribution in [3.8, 4) is 11.3 Å². The summed E-state index contributed by atoms with van der Waals surface area (Å²) in [4.78, 5) is 22.5. The van der Waals surface area contributed by atoms with Gasteiger partial charge in [0.2, 0.25) is 0 Å². The Morgan fingerprint density at radius 2 is 2.15 bits per heavy atom. The van der Waals surface area contributed by atoms with Gasteiger partial charge in [0.15, 0.2) is 5.65 Å². The van der Waals surface area contributed by atoms with Crippen molar-refractivity contribution in [2.75, 3.05) is 38.8 Å². The number of rotatable bonds is 5. The molecule has 11 nitrogen and oxygen atoms in total. The van der Waals surface area contributed by atoms with Crippen molar-refractivity contribution >= 4 is 28.4 Å². The first-order valence-electron chi connectivity index (χ1n) is 11.3. The fourth-order valence-electron chi connectivity index (χ4n) is 4.67. The maximum atomic E-state index is 13.0. The molecule has 1 amide bonds. The summed E-state index contributed by atoms with van der Waals surface area (Å²) in [6, 6.07) is 5.60. The van der Waals surface area contributed by atoms with Crippen LogP contribution in [0.4, 0.5) is 5.82 Å². The molecule has 4 aromatic heterocycles. The molecule has 2 aliphatic rings. The summed E-state index contributed by atoms with van der Waals surface area (Å²) in [6.07, 6.45) is 5.54. The van der Waals surface area contributed by atoms with Gasteiger partial charge >= 0.3 is 0 Å². The molecule has 4 aromatic rings. The van der Waals surface area contributed by atoms with Crippen LogP contribution in [0.15, 0.2) is 36.8 Å². The summed E-state index contributed by atoms with van der Waals surface area (Å²) in [6.45, 7) is 1.85. The summed E-state index contributed by atoms with van der Waals surface area (Å²) >= 11 is 0. The van der Waals surface area contributed by atoms with Crippen LogP contribution in [0.1, 0.15) is 22.8 Å². The van der Waals surface area contributed by atoms with Crippen molar-refractivity contribution in [1.29, 1.82) is 0 Å². The zero-order valence-electron chi connectivity index (χ0n) is 18.6. The quantitative estimate of drug-likeness (QED) is 0.403. The molecule has 34 heavy (non-hydrogen) atoms. The number of carbonyl (C=O) groups excluding carboxylic acids is 1. The zero-order chi connectivity index (χ0) is 23.2. The van der Waals surface area contributed by atoms with E-state index in [9.17, 15) is 9.90 Å². The third kappa shape index (κ3) is 3.40. The minimum Gasteiger partial charge on any atom is -0.388 e. The highest BCUT2D eigenvalue weighted by Crippen LogP contribution is 2.34. The zero-order valence-corrected chi connectivity index (χ0v) is 18.6. The van der Waals surface area contributed by atoms with E-state index in [1.54, 1.807) is 17.8 Å². The number of aliphatic hydroxyl groups is 1. The lowest BCUT2D eigenvalue weighted by Gasteiger charge is -2.14. The van der Waals surface area contributed by atoms with Gasteiger partial charge in [-0.2, -0.15) is 9.61 Å². The number of nitrogens with zero attached hydrogens (tertiary/aromatic N) is 5. The van der Waals surface area contributed by atoms with E-state index in [4.69, 9.17) is 14.5 Å². The standard InChI is InChI=1S/C23H25N7O4/c1-24-20-7-17(16-9-29(13-4-6-33-10-13)21-14(16)3-2-5-25-21)27-22-15(8-26-30(20)22)23(32)28-18-11-34-12-19(18)31/h2-3,5,7-9,13,18-19,24,31H,4,6,10-12H2,1H3,(H,28,32)/t13-,18?,19?/m1/s1. The van der Waals surface area contributed by atoms with Gasteiger partial charge in [0.1, 0.15) is 17.0 Å². The van der Waals surface area contributed by atoms with Crippen LogP contribution in [0.2, 0.25) is 0 Å². The molecule has 6 heterocycles. The average Bonchev–Trinajstić information content (AvgIpc) is 3.64. The molecule has 2 unspecified atom stereocenters. The van der Waals surface area contributed by atoms with E-state index in [2.05, 4.69) is 31.5 Å². The Morgan fingerprint density at radius 1 is 1.24 bits per heavy atom. The van der Waals surface area contributed by atoms with Gasteiger partial charge in [-0.15, -0.1) is 0 Å². The van der Waals surface area contributed by atoms with Crippen LogP contribution < -0.4 is 10.6 Å². The lowest BCUT2D eigenvalue weighted by atomic mass is 10.1. The Bertz CT molecular complexity index is 1370. The number of aliphatic hydroxyl groups excluding tert-OH is 1. The maximum absolute atomic E-state index is 13.0. The summed E-state index contributed by atoms with van der Waals surface area (Å²) in [5, 5.41) is 21.3. The minimum atomic E-state index is -0.736. The minimum absolute atomic E-state index is 0.205. The number of anilines is 1. The number of hydrogen-bond donors (Lipinski definition) is 3. The molecule has 0 aliphatic carbocycles. The van der Waals surface area contributed by atoms with Gasteiger partial charge in [-0.1, -0.05) is 0 Å². The number of carbonyl (C=O) groups is 1. The van der Waals surface area contributed by atoms with Gasteiger partial charge in [0, 0.05) is 43.1 Å². The molecule has 2 fully saturated rings. The summed E-state index contributed by atoms with van der Waals surface area (Å²) in [7, 11) is 1.80. The molecule has 0 spiro atoms. The van der Waals surface area contributed by atoms with E-state index in [1.165, 1.54) is 6.20 Å². The largest absolute Gasteiger partial charge is 0.388 e. The Kier molecular flexibility index (Phi) is 5.16. The van der Waals surface area contributed by atoms with Crippen molar-refractivity contribution in [3.63, 3.8) is 0 Å². The Morgan fingerprint density at radius 3 is 2.91 bits per heavy atom. The molecular formula is C23H25N7O4.